The third-order valence-electron chi connectivity index (χ3n) is 4.97. The molecule has 4 heteroatoms. The van der Waals surface area contributed by atoms with Gasteiger partial charge in [-0.15, -0.1) is 0 Å². The number of fused-ring (bicyclic) bond motifs is 1. The van der Waals surface area contributed by atoms with Crippen LogP contribution >= 0.6 is 0 Å². The molecule has 0 atom stereocenters. The monoisotopic (exact) mass is 380 g/mol. The maximum atomic E-state index is 11.3. The Bertz CT molecular complexity index is 891. The molecule has 0 saturated carbocycles. The first-order valence-electron chi connectivity index (χ1n) is 9.75. The first kappa shape index (κ1) is 20.0. The third kappa shape index (κ3) is 4.06. The molecule has 4 nitrogen and oxygen atoms in total. The lowest BCUT2D eigenvalue weighted by Crippen LogP contribution is -2.34. The number of methoxy groups -OCH3 is 1. The molecule has 1 aliphatic heterocycles. The second-order valence-corrected chi connectivity index (χ2v) is 7.55. The molecule has 0 spiro atoms. The van der Waals surface area contributed by atoms with Crippen LogP contribution in [0, 0.1) is 0 Å². The van der Waals surface area contributed by atoms with Crippen LogP contribution in [-0.4, -0.2) is 18.7 Å². The topological polar surface area (TPSA) is 44.8 Å². The number of carbonyl (C=O) groups excluding carboxylic acids is 1. The fourth-order valence-electron chi connectivity index (χ4n) is 3.78. The van der Waals surface area contributed by atoms with E-state index in [0.29, 0.717) is 5.75 Å². The summed E-state index contributed by atoms with van der Waals surface area (Å²) >= 11 is 0. The van der Waals surface area contributed by atoms with Crippen molar-refractivity contribution in [3.63, 3.8) is 0 Å². The summed E-state index contributed by atoms with van der Waals surface area (Å²) in [5, 5.41) is 0. The summed E-state index contributed by atoms with van der Waals surface area (Å²) < 4.78 is 17.0. The lowest BCUT2D eigenvalue weighted by molar-refractivity contribution is -0.131. The number of hydrogen-bond donors (Lipinski definition) is 0. The molecule has 1 heterocycles. The fourth-order valence-corrected chi connectivity index (χ4v) is 3.78. The Hall–Kier alpha value is -2.75. The Labute approximate surface area is 167 Å². The summed E-state index contributed by atoms with van der Waals surface area (Å²) in [6, 6.07) is 13.8. The van der Waals surface area contributed by atoms with E-state index in [9.17, 15) is 4.79 Å². The molecule has 0 bridgehead atoms. The lowest BCUT2D eigenvalue weighted by Gasteiger charge is -2.38. The molecule has 0 aliphatic carbocycles. The molecular formula is C24H28O4. The second kappa shape index (κ2) is 8.09. The van der Waals surface area contributed by atoms with Gasteiger partial charge >= 0.3 is 5.97 Å². The Morgan fingerprint density at radius 1 is 1.07 bits per heavy atom. The van der Waals surface area contributed by atoms with Crippen LogP contribution in [0.4, 0.5) is 0 Å². The maximum absolute atomic E-state index is 11.3. The van der Waals surface area contributed by atoms with Crippen LogP contribution in [0.25, 0.3) is 11.1 Å². The number of benzene rings is 2. The van der Waals surface area contributed by atoms with Crippen molar-refractivity contribution in [3.8, 4) is 17.2 Å². The van der Waals surface area contributed by atoms with Crippen molar-refractivity contribution in [1.82, 2.24) is 0 Å². The molecule has 0 fully saturated rings. The van der Waals surface area contributed by atoms with Crippen molar-refractivity contribution < 1.29 is 19.0 Å². The van der Waals surface area contributed by atoms with Crippen LogP contribution in [0.2, 0.25) is 0 Å². The van der Waals surface area contributed by atoms with E-state index >= 15 is 0 Å². The average Bonchev–Trinajstić information content (AvgIpc) is 2.64. The van der Waals surface area contributed by atoms with Gasteiger partial charge in [-0.3, -0.25) is 4.79 Å². The number of rotatable bonds is 6. The zero-order valence-electron chi connectivity index (χ0n) is 17.3. The Morgan fingerprint density at radius 3 is 2.36 bits per heavy atom. The molecule has 3 rings (SSSR count). The number of carbonyl (C=O) groups is 1. The highest BCUT2D eigenvalue weighted by molar-refractivity contribution is 5.97. The molecule has 1 aliphatic rings. The molecule has 28 heavy (non-hydrogen) atoms. The zero-order chi connectivity index (χ0) is 20.3. The Morgan fingerprint density at radius 2 is 1.75 bits per heavy atom. The minimum atomic E-state index is -0.514. The van der Waals surface area contributed by atoms with E-state index in [4.69, 9.17) is 14.2 Å². The van der Waals surface area contributed by atoms with Crippen molar-refractivity contribution in [2.45, 2.75) is 52.6 Å². The molecule has 0 N–H and O–H groups in total. The highest BCUT2D eigenvalue weighted by Crippen LogP contribution is 2.48. The summed E-state index contributed by atoms with van der Waals surface area (Å²) in [6.45, 7) is 7.77. The average molecular weight is 380 g/mol. The van der Waals surface area contributed by atoms with Crippen molar-refractivity contribution >= 4 is 17.1 Å². The van der Waals surface area contributed by atoms with E-state index < -0.39 is 5.60 Å². The Balaban J connectivity index is 2.16. The number of hydrogen-bond acceptors (Lipinski definition) is 4. The van der Waals surface area contributed by atoms with E-state index in [0.717, 1.165) is 41.9 Å². The van der Waals surface area contributed by atoms with Gasteiger partial charge < -0.3 is 14.2 Å². The van der Waals surface area contributed by atoms with Gasteiger partial charge in [0, 0.05) is 24.1 Å². The van der Waals surface area contributed by atoms with E-state index in [2.05, 4.69) is 32.9 Å². The molecule has 148 valence electrons. The van der Waals surface area contributed by atoms with Crippen LogP contribution in [-0.2, 0) is 4.79 Å². The second-order valence-electron chi connectivity index (χ2n) is 7.55. The summed E-state index contributed by atoms with van der Waals surface area (Å²) in [6.07, 6.45) is 3.17. The highest BCUT2D eigenvalue weighted by Gasteiger charge is 2.35. The molecule has 0 unspecified atom stereocenters. The maximum Gasteiger partial charge on any atom is 0.308 e. The number of unbranched alkanes of at least 4 members (excludes halogenated alkanes) is 1. The predicted octanol–water partition coefficient (Wildman–Crippen LogP) is 5.89. The van der Waals surface area contributed by atoms with Crippen molar-refractivity contribution in [1.29, 1.82) is 0 Å². The first-order valence-corrected chi connectivity index (χ1v) is 9.75. The summed E-state index contributed by atoms with van der Waals surface area (Å²) in [4.78, 5) is 11.3. The van der Waals surface area contributed by atoms with E-state index in [-0.39, 0.29) is 5.97 Å². The fraction of sp³-hybridized carbons (Fsp3) is 0.375. The Kier molecular flexibility index (Phi) is 5.78. The van der Waals surface area contributed by atoms with Crippen LogP contribution in [0.15, 0.2) is 42.5 Å². The van der Waals surface area contributed by atoms with Gasteiger partial charge in [-0.2, -0.15) is 0 Å². The van der Waals surface area contributed by atoms with Gasteiger partial charge in [0.15, 0.2) is 0 Å². The highest BCUT2D eigenvalue weighted by atomic mass is 16.5. The summed E-state index contributed by atoms with van der Waals surface area (Å²) in [5.74, 6) is 1.76. The van der Waals surface area contributed by atoms with Gasteiger partial charge in [-0.25, -0.2) is 0 Å². The third-order valence-corrected chi connectivity index (χ3v) is 4.97. The van der Waals surface area contributed by atoms with Gasteiger partial charge in [0.2, 0.25) is 0 Å². The van der Waals surface area contributed by atoms with Gasteiger partial charge in [-0.1, -0.05) is 25.5 Å². The normalized spacial score (nSPS) is 14.9. The quantitative estimate of drug-likeness (QED) is 0.463. The minimum absolute atomic E-state index is 0.337. The molecular weight excluding hydrogens is 352 g/mol. The van der Waals surface area contributed by atoms with Gasteiger partial charge in [0.1, 0.15) is 22.8 Å². The van der Waals surface area contributed by atoms with Crippen molar-refractivity contribution in [2.24, 2.45) is 0 Å². The number of esters is 1. The largest absolute Gasteiger partial charge is 0.497 e. The standard InChI is InChI=1S/C24H28O4/c1-6-7-8-21-20-14-13-19(27-16(2)25)15-22(20)28-24(3,4)23(21)17-9-11-18(26-5)12-10-17/h9-15H,6-8H2,1-5H3. The van der Waals surface area contributed by atoms with E-state index in [1.54, 1.807) is 7.11 Å². The smallest absolute Gasteiger partial charge is 0.308 e. The van der Waals surface area contributed by atoms with Crippen molar-refractivity contribution in [2.75, 3.05) is 7.11 Å². The van der Waals surface area contributed by atoms with Crippen LogP contribution in [0.5, 0.6) is 17.2 Å². The van der Waals surface area contributed by atoms with Crippen LogP contribution in [0.3, 0.4) is 0 Å². The molecule has 0 amide bonds. The van der Waals surface area contributed by atoms with Gasteiger partial charge in [-0.05, 0) is 62.1 Å². The van der Waals surface area contributed by atoms with Gasteiger partial charge in [0.25, 0.3) is 0 Å². The minimum Gasteiger partial charge on any atom is -0.497 e. The summed E-state index contributed by atoms with van der Waals surface area (Å²) in [7, 11) is 1.67. The number of allylic oxidation sites excluding steroid dienone is 1. The van der Waals surface area contributed by atoms with Crippen molar-refractivity contribution in [3.05, 3.63) is 53.6 Å². The predicted molar refractivity (Wildman–Crippen MR) is 112 cm³/mol. The molecule has 0 aromatic heterocycles. The number of ether oxygens (including phenoxy) is 3. The lowest BCUT2D eigenvalue weighted by atomic mass is 9.80. The van der Waals surface area contributed by atoms with E-state index in [1.807, 2.05) is 30.3 Å². The first-order chi connectivity index (χ1) is 13.4. The molecule has 0 saturated heterocycles. The zero-order valence-corrected chi connectivity index (χ0v) is 17.3. The summed E-state index contributed by atoms with van der Waals surface area (Å²) in [5.41, 5.74) is 4.16. The molecule has 0 radical (unpaired) electrons. The molecule has 2 aromatic carbocycles. The van der Waals surface area contributed by atoms with E-state index in [1.165, 1.54) is 18.1 Å². The van der Waals surface area contributed by atoms with Crippen LogP contribution in [0.1, 0.15) is 58.1 Å². The van der Waals surface area contributed by atoms with Crippen LogP contribution < -0.4 is 14.2 Å². The SMILES string of the molecule is CCCCC1=C(c2ccc(OC)cc2)C(C)(C)Oc2cc(OC(C)=O)ccc21. The van der Waals surface area contributed by atoms with Gasteiger partial charge in [0.05, 0.1) is 7.11 Å². The molecule has 2 aromatic rings.